The number of ether oxygens (including phenoxy) is 3. The maximum absolute atomic E-state index is 12.8. The monoisotopic (exact) mass is 375 g/mol. The van der Waals surface area contributed by atoms with Gasteiger partial charge in [-0.15, -0.1) is 0 Å². The summed E-state index contributed by atoms with van der Waals surface area (Å²) in [4.78, 5) is 26.5. The van der Waals surface area contributed by atoms with E-state index in [1.54, 1.807) is 18.1 Å². The van der Waals surface area contributed by atoms with Crippen molar-refractivity contribution < 1.29 is 23.8 Å². The highest BCUT2D eigenvalue weighted by atomic mass is 32.1. The molecule has 0 spiro atoms. The minimum atomic E-state index is -0.433. The Hall–Kier alpha value is -2.54. The van der Waals surface area contributed by atoms with Crippen LogP contribution in [0.1, 0.15) is 40.9 Å². The number of rotatable bonds is 7. The molecule has 1 atom stereocenters. The molecule has 1 aliphatic heterocycles. The van der Waals surface area contributed by atoms with Crippen molar-refractivity contribution in [3.05, 3.63) is 45.6 Å². The van der Waals surface area contributed by atoms with Gasteiger partial charge in [-0.3, -0.25) is 9.59 Å². The Morgan fingerprint density at radius 3 is 2.73 bits per heavy atom. The standard InChI is InChI=1S/C19H21NO5S/c1-4-25-16-6-5-12(7-17(16)23-2)15(8-18(21)24-3)20-9-13-10-26-11-14(13)19(20)22/h5-7,10-11,15H,4,8-9H2,1-3H3. The summed E-state index contributed by atoms with van der Waals surface area (Å²) in [6.45, 7) is 2.90. The van der Waals surface area contributed by atoms with E-state index >= 15 is 0 Å². The molecule has 7 heteroatoms. The second-order valence-corrected chi connectivity index (χ2v) is 6.63. The Kier molecular flexibility index (Phi) is 5.46. The van der Waals surface area contributed by atoms with Crippen molar-refractivity contribution in [3.63, 3.8) is 0 Å². The number of fused-ring (bicyclic) bond motifs is 1. The SMILES string of the molecule is CCOc1ccc(C(CC(=O)OC)N2Cc3cscc3C2=O)cc1OC. The zero-order valence-corrected chi connectivity index (χ0v) is 15.8. The summed E-state index contributed by atoms with van der Waals surface area (Å²) in [7, 11) is 2.91. The van der Waals surface area contributed by atoms with Gasteiger partial charge in [-0.05, 0) is 35.6 Å². The molecule has 2 aromatic rings. The average molecular weight is 375 g/mol. The number of methoxy groups -OCH3 is 2. The number of nitrogens with zero attached hydrogens (tertiary/aromatic N) is 1. The van der Waals surface area contributed by atoms with Gasteiger partial charge < -0.3 is 19.1 Å². The fourth-order valence-electron chi connectivity index (χ4n) is 3.11. The van der Waals surface area contributed by atoms with Crippen molar-refractivity contribution in [1.82, 2.24) is 4.90 Å². The van der Waals surface area contributed by atoms with Crippen LogP contribution in [0.3, 0.4) is 0 Å². The van der Waals surface area contributed by atoms with E-state index in [1.807, 2.05) is 29.8 Å². The Balaban J connectivity index is 1.95. The van der Waals surface area contributed by atoms with Crippen molar-refractivity contribution in [2.24, 2.45) is 0 Å². The van der Waals surface area contributed by atoms with E-state index in [4.69, 9.17) is 14.2 Å². The highest BCUT2D eigenvalue weighted by molar-refractivity contribution is 7.08. The molecule has 6 nitrogen and oxygen atoms in total. The predicted molar refractivity (Wildman–Crippen MR) is 97.7 cm³/mol. The summed E-state index contributed by atoms with van der Waals surface area (Å²) in [5.74, 6) is 0.759. The molecular formula is C19H21NO5S. The van der Waals surface area contributed by atoms with Crippen LogP contribution in [0.5, 0.6) is 11.5 Å². The maximum Gasteiger partial charge on any atom is 0.307 e. The average Bonchev–Trinajstić information content (AvgIpc) is 3.23. The van der Waals surface area contributed by atoms with E-state index in [-0.39, 0.29) is 18.3 Å². The van der Waals surface area contributed by atoms with Crippen LogP contribution in [0.15, 0.2) is 29.0 Å². The van der Waals surface area contributed by atoms with Crippen molar-refractivity contribution in [2.45, 2.75) is 25.9 Å². The number of benzene rings is 1. The van der Waals surface area contributed by atoms with Gasteiger partial charge in [0.25, 0.3) is 5.91 Å². The van der Waals surface area contributed by atoms with Gasteiger partial charge in [0.05, 0.1) is 38.9 Å². The van der Waals surface area contributed by atoms with Gasteiger partial charge in [-0.1, -0.05) is 6.07 Å². The summed E-state index contributed by atoms with van der Waals surface area (Å²) in [6.07, 6.45) is 0.0765. The first kappa shape index (κ1) is 18.3. The quantitative estimate of drug-likeness (QED) is 0.694. The molecule has 2 heterocycles. The van der Waals surface area contributed by atoms with Gasteiger partial charge in [0.2, 0.25) is 0 Å². The fraction of sp³-hybridized carbons (Fsp3) is 0.368. The van der Waals surface area contributed by atoms with Crippen LogP contribution in [0.4, 0.5) is 0 Å². The van der Waals surface area contributed by atoms with Crippen LogP contribution in [0.2, 0.25) is 0 Å². The van der Waals surface area contributed by atoms with E-state index in [9.17, 15) is 9.59 Å². The highest BCUT2D eigenvalue weighted by Crippen LogP contribution is 2.38. The smallest absolute Gasteiger partial charge is 0.307 e. The third kappa shape index (κ3) is 3.39. The van der Waals surface area contributed by atoms with Crippen LogP contribution < -0.4 is 9.47 Å². The zero-order chi connectivity index (χ0) is 18.7. The lowest BCUT2D eigenvalue weighted by Crippen LogP contribution is -2.31. The van der Waals surface area contributed by atoms with Gasteiger partial charge in [0.1, 0.15) is 0 Å². The molecule has 0 aliphatic carbocycles. The highest BCUT2D eigenvalue weighted by Gasteiger charge is 2.35. The molecule has 1 aromatic carbocycles. The van der Waals surface area contributed by atoms with E-state index in [2.05, 4.69) is 0 Å². The van der Waals surface area contributed by atoms with Crippen LogP contribution in [0.25, 0.3) is 0 Å². The number of amides is 1. The minimum Gasteiger partial charge on any atom is -0.493 e. The molecule has 0 bridgehead atoms. The van der Waals surface area contributed by atoms with Crippen LogP contribution in [-0.2, 0) is 16.1 Å². The van der Waals surface area contributed by atoms with E-state index in [0.29, 0.717) is 30.2 Å². The summed E-state index contributed by atoms with van der Waals surface area (Å²) in [6, 6.07) is 5.05. The maximum atomic E-state index is 12.8. The molecule has 0 saturated carbocycles. The van der Waals surface area contributed by atoms with Gasteiger partial charge in [-0.25, -0.2) is 0 Å². The Morgan fingerprint density at radius 1 is 1.27 bits per heavy atom. The van der Waals surface area contributed by atoms with E-state index < -0.39 is 6.04 Å². The molecule has 26 heavy (non-hydrogen) atoms. The molecule has 0 fully saturated rings. The fourth-order valence-corrected chi connectivity index (χ4v) is 3.93. The normalized spacial score (nSPS) is 14.1. The van der Waals surface area contributed by atoms with E-state index in [1.165, 1.54) is 18.4 Å². The molecule has 0 N–H and O–H groups in total. The number of esters is 1. The lowest BCUT2D eigenvalue weighted by molar-refractivity contribution is -0.141. The number of carbonyl (C=O) groups is 2. The molecule has 1 unspecified atom stereocenters. The first-order valence-electron chi connectivity index (χ1n) is 8.32. The molecule has 1 aliphatic rings. The number of hydrogen-bond acceptors (Lipinski definition) is 6. The van der Waals surface area contributed by atoms with Crippen LogP contribution in [-0.4, -0.2) is 37.6 Å². The number of hydrogen-bond donors (Lipinski definition) is 0. The van der Waals surface area contributed by atoms with Crippen LogP contribution in [0, 0.1) is 0 Å². The lowest BCUT2D eigenvalue weighted by atomic mass is 10.0. The molecule has 138 valence electrons. The summed E-state index contributed by atoms with van der Waals surface area (Å²) >= 11 is 1.51. The largest absolute Gasteiger partial charge is 0.493 e. The van der Waals surface area contributed by atoms with Crippen molar-refractivity contribution in [1.29, 1.82) is 0 Å². The van der Waals surface area contributed by atoms with Gasteiger partial charge in [-0.2, -0.15) is 11.3 Å². The Morgan fingerprint density at radius 2 is 2.08 bits per heavy atom. The second-order valence-electron chi connectivity index (χ2n) is 5.88. The summed E-state index contributed by atoms with van der Waals surface area (Å²) < 4.78 is 15.8. The first-order valence-corrected chi connectivity index (χ1v) is 9.26. The zero-order valence-electron chi connectivity index (χ0n) is 15.0. The van der Waals surface area contributed by atoms with Crippen molar-refractivity contribution >= 4 is 23.2 Å². The molecule has 1 aromatic heterocycles. The molecule has 0 saturated heterocycles. The third-order valence-corrected chi connectivity index (χ3v) is 5.20. The van der Waals surface area contributed by atoms with E-state index in [0.717, 1.165) is 11.1 Å². The molecule has 3 rings (SSSR count). The Bertz CT molecular complexity index is 816. The summed E-state index contributed by atoms with van der Waals surface area (Å²) in [5, 5.41) is 3.83. The predicted octanol–water partition coefficient (Wildman–Crippen LogP) is 3.42. The number of carbonyl (C=O) groups excluding carboxylic acids is 2. The van der Waals surface area contributed by atoms with Gasteiger partial charge in [0, 0.05) is 11.9 Å². The topological polar surface area (TPSA) is 65.1 Å². The third-order valence-electron chi connectivity index (χ3n) is 4.41. The summed E-state index contributed by atoms with van der Waals surface area (Å²) in [5.41, 5.74) is 2.51. The molecule has 0 radical (unpaired) electrons. The lowest BCUT2D eigenvalue weighted by Gasteiger charge is -2.28. The molecular weight excluding hydrogens is 354 g/mol. The van der Waals surface area contributed by atoms with Gasteiger partial charge >= 0.3 is 5.97 Å². The van der Waals surface area contributed by atoms with Crippen molar-refractivity contribution in [3.8, 4) is 11.5 Å². The van der Waals surface area contributed by atoms with Crippen molar-refractivity contribution in [2.75, 3.05) is 20.8 Å². The minimum absolute atomic E-state index is 0.0667. The second kappa shape index (κ2) is 7.78. The number of thiophene rings is 1. The Labute approximate surface area is 156 Å². The first-order chi connectivity index (χ1) is 12.6. The molecule has 1 amide bonds. The van der Waals surface area contributed by atoms with Gasteiger partial charge in [0.15, 0.2) is 11.5 Å². The van der Waals surface area contributed by atoms with Crippen LogP contribution >= 0.6 is 11.3 Å².